The lowest BCUT2D eigenvalue weighted by atomic mass is 9.88. The predicted octanol–water partition coefficient (Wildman–Crippen LogP) is 4.04. The molecule has 2 rings (SSSR count). The van der Waals surface area contributed by atoms with Crippen molar-refractivity contribution < 1.29 is 0 Å². The van der Waals surface area contributed by atoms with Gasteiger partial charge in [0.15, 0.2) is 0 Å². The monoisotopic (exact) mass is 280 g/mol. The normalized spacial score (nSPS) is 30.3. The molecule has 2 fully saturated rings. The fraction of sp³-hybridized carbons (Fsp3) is 1.00. The number of nitrogens with zero attached hydrogens (tertiary/aromatic N) is 1. The Bertz CT molecular complexity index is 266. The van der Waals surface area contributed by atoms with Crippen LogP contribution in [-0.4, -0.2) is 31.1 Å². The van der Waals surface area contributed by atoms with Crippen LogP contribution < -0.4 is 5.73 Å². The Balaban J connectivity index is 1.65. The van der Waals surface area contributed by atoms with E-state index in [4.69, 9.17) is 5.73 Å². The van der Waals surface area contributed by atoms with E-state index in [0.717, 1.165) is 24.3 Å². The third-order valence-corrected chi connectivity index (χ3v) is 5.94. The zero-order chi connectivity index (χ0) is 14.4. The number of nitrogens with two attached hydrogens (primary N) is 1. The van der Waals surface area contributed by atoms with E-state index < -0.39 is 0 Å². The van der Waals surface area contributed by atoms with Crippen LogP contribution in [0.1, 0.15) is 71.1 Å². The molecule has 2 heteroatoms. The summed E-state index contributed by atoms with van der Waals surface area (Å²) in [6.07, 6.45) is 14.3. The molecule has 2 bridgehead atoms. The van der Waals surface area contributed by atoms with Crippen LogP contribution in [0.3, 0.4) is 0 Å². The van der Waals surface area contributed by atoms with E-state index >= 15 is 0 Å². The molecule has 0 aromatic heterocycles. The molecular weight excluding hydrogens is 244 g/mol. The molecule has 0 aromatic carbocycles. The summed E-state index contributed by atoms with van der Waals surface area (Å²) in [6.45, 7) is 4.43. The first-order valence-corrected chi connectivity index (χ1v) is 9.14. The van der Waals surface area contributed by atoms with Gasteiger partial charge in [-0.1, -0.05) is 45.4 Å². The highest BCUT2D eigenvalue weighted by Crippen LogP contribution is 2.48. The van der Waals surface area contributed by atoms with E-state index in [2.05, 4.69) is 18.9 Å². The number of fused-ring (bicyclic) bond motifs is 2. The van der Waals surface area contributed by atoms with Crippen molar-refractivity contribution in [1.29, 1.82) is 0 Å². The highest BCUT2D eigenvalue weighted by molar-refractivity contribution is 4.91. The lowest BCUT2D eigenvalue weighted by molar-refractivity contribution is 0.167. The van der Waals surface area contributed by atoms with Gasteiger partial charge in [0.05, 0.1) is 0 Å². The predicted molar refractivity (Wildman–Crippen MR) is 87.8 cm³/mol. The van der Waals surface area contributed by atoms with Gasteiger partial charge in [-0.3, -0.25) is 0 Å². The van der Waals surface area contributed by atoms with Crippen molar-refractivity contribution >= 4 is 0 Å². The standard InChI is InChI=1S/C18H36N2/c1-3-4-5-6-7-8-18(13-19)20(2)14-17-12-15-9-10-16(17)11-15/h15-18H,3-14,19H2,1-2H3. The first-order chi connectivity index (χ1) is 9.74. The van der Waals surface area contributed by atoms with E-state index in [-0.39, 0.29) is 0 Å². The quantitative estimate of drug-likeness (QED) is 0.612. The van der Waals surface area contributed by atoms with Crippen molar-refractivity contribution in [3.05, 3.63) is 0 Å². The van der Waals surface area contributed by atoms with E-state index in [9.17, 15) is 0 Å². The second-order valence-electron chi connectivity index (χ2n) is 7.47. The maximum atomic E-state index is 6.02. The Morgan fingerprint density at radius 2 is 1.90 bits per heavy atom. The molecule has 4 atom stereocenters. The van der Waals surface area contributed by atoms with Crippen molar-refractivity contribution in [2.24, 2.45) is 23.5 Å². The lowest BCUT2D eigenvalue weighted by Gasteiger charge is -2.32. The van der Waals surface area contributed by atoms with Crippen molar-refractivity contribution in [3.8, 4) is 0 Å². The molecule has 0 spiro atoms. The van der Waals surface area contributed by atoms with Gasteiger partial charge in [-0.05, 0) is 50.5 Å². The zero-order valence-corrected chi connectivity index (χ0v) is 13.8. The maximum Gasteiger partial charge on any atom is 0.0215 e. The second kappa shape index (κ2) is 8.38. The van der Waals surface area contributed by atoms with Gasteiger partial charge in [0.25, 0.3) is 0 Å². The molecule has 2 saturated carbocycles. The summed E-state index contributed by atoms with van der Waals surface area (Å²) >= 11 is 0. The third kappa shape index (κ3) is 4.46. The molecule has 2 nitrogen and oxygen atoms in total. The highest BCUT2D eigenvalue weighted by Gasteiger charge is 2.39. The van der Waals surface area contributed by atoms with Gasteiger partial charge in [0, 0.05) is 19.1 Å². The molecule has 2 aliphatic carbocycles. The van der Waals surface area contributed by atoms with E-state index in [0.29, 0.717) is 6.04 Å². The van der Waals surface area contributed by atoms with Gasteiger partial charge in [0.1, 0.15) is 0 Å². The topological polar surface area (TPSA) is 29.3 Å². The Hall–Kier alpha value is -0.0800. The maximum absolute atomic E-state index is 6.02. The van der Waals surface area contributed by atoms with Crippen LogP contribution in [0.2, 0.25) is 0 Å². The summed E-state index contributed by atoms with van der Waals surface area (Å²) < 4.78 is 0. The molecule has 0 aromatic rings. The van der Waals surface area contributed by atoms with Crippen molar-refractivity contribution in [1.82, 2.24) is 4.90 Å². The summed E-state index contributed by atoms with van der Waals surface area (Å²) in [7, 11) is 2.32. The number of likely N-dealkylation sites (N-methyl/N-ethyl adjacent to an activating group) is 1. The van der Waals surface area contributed by atoms with Gasteiger partial charge < -0.3 is 10.6 Å². The van der Waals surface area contributed by atoms with Gasteiger partial charge in [-0.2, -0.15) is 0 Å². The van der Waals surface area contributed by atoms with Crippen LogP contribution in [-0.2, 0) is 0 Å². The summed E-state index contributed by atoms with van der Waals surface area (Å²) in [5.74, 6) is 3.10. The van der Waals surface area contributed by atoms with E-state index in [1.165, 1.54) is 70.8 Å². The van der Waals surface area contributed by atoms with Crippen LogP contribution in [0.5, 0.6) is 0 Å². The molecule has 2 aliphatic rings. The number of rotatable bonds is 10. The van der Waals surface area contributed by atoms with E-state index in [1.807, 2.05) is 0 Å². The Morgan fingerprint density at radius 1 is 1.10 bits per heavy atom. The molecular formula is C18H36N2. The van der Waals surface area contributed by atoms with Crippen LogP contribution in [0, 0.1) is 17.8 Å². The van der Waals surface area contributed by atoms with Crippen molar-refractivity contribution in [3.63, 3.8) is 0 Å². The molecule has 2 N–H and O–H groups in total. The average Bonchev–Trinajstić information content (AvgIpc) is 3.05. The first kappa shape index (κ1) is 16.3. The smallest absolute Gasteiger partial charge is 0.0215 e. The van der Waals surface area contributed by atoms with Crippen molar-refractivity contribution in [2.75, 3.05) is 20.1 Å². The molecule has 0 heterocycles. The SMILES string of the molecule is CCCCCCCC(CN)N(C)CC1CC2CCC1C2. The fourth-order valence-electron chi connectivity index (χ4n) is 4.62. The molecule has 118 valence electrons. The first-order valence-electron chi connectivity index (χ1n) is 9.14. The van der Waals surface area contributed by atoms with Crippen LogP contribution in [0.15, 0.2) is 0 Å². The van der Waals surface area contributed by atoms with Crippen LogP contribution in [0.25, 0.3) is 0 Å². The van der Waals surface area contributed by atoms with Crippen molar-refractivity contribution in [2.45, 2.75) is 77.2 Å². The number of unbranched alkanes of at least 4 members (excludes halogenated alkanes) is 4. The van der Waals surface area contributed by atoms with Gasteiger partial charge in [-0.25, -0.2) is 0 Å². The minimum atomic E-state index is 0.621. The Morgan fingerprint density at radius 3 is 2.50 bits per heavy atom. The largest absolute Gasteiger partial charge is 0.329 e. The van der Waals surface area contributed by atoms with Crippen LogP contribution >= 0.6 is 0 Å². The van der Waals surface area contributed by atoms with Crippen LogP contribution in [0.4, 0.5) is 0 Å². The van der Waals surface area contributed by atoms with E-state index in [1.54, 1.807) is 0 Å². The minimum Gasteiger partial charge on any atom is -0.329 e. The summed E-state index contributed by atoms with van der Waals surface area (Å²) in [5, 5.41) is 0. The molecule has 0 aliphatic heterocycles. The average molecular weight is 280 g/mol. The highest BCUT2D eigenvalue weighted by atomic mass is 15.1. The minimum absolute atomic E-state index is 0.621. The third-order valence-electron chi connectivity index (χ3n) is 5.94. The molecule has 0 amide bonds. The molecule has 0 saturated heterocycles. The second-order valence-corrected chi connectivity index (χ2v) is 7.47. The van der Waals surface area contributed by atoms with Gasteiger partial charge in [-0.15, -0.1) is 0 Å². The fourth-order valence-corrected chi connectivity index (χ4v) is 4.62. The zero-order valence-electron chi connectivity index (χ0n) is 13.8. The summed E-state index contributed by atoms with van der Waals surface area (Å²) in [4.78, 5) is 2.59. The Labute approximate surface area is 126 Å². The molecule has 0 radical (unpaired) electrons. The molecule has 20 heavy (non-hydrogen) atoms. The lowest BCUT2D eigenvalue weighted by Crippen LogP contribution is -2.41. The molecule has 4 unspecified atom stereocenters. The summed E-state index contributed by atoms with van der Waals surface area (Å²) in [5.41, 5.74) is 6.02. The number of hydrogen-bond donors (Lipinski definition) is 1. The Kier molecular flexibility index (Phi) is 6.83. The summed E-state index contributed by atoms with van der Waals surface area (Å²) in [6, 6.07) is 0.621. The number of hydrogen-bond acceptors (Lipinski definition) is 2. The van der Waals surface area contributed by atoms with Gasteiger partial charge >= 0.3 is 0 Å². The van der Waals surface area contributed by atoms with Gasteiger partial charge in [0.2, 0.25) is 0 Å².